The molecular weight excluding hydrogens is 348 g/mol. The Morgan fingerprint density at radius 3 is 2.58 bits per heavy atom. The summed E-state index contributed by atoms with van der Waals surface area (Å²) in [5.74, 6) is 2.42. The van der Waals surface area contributed by atoms with Crippen LogP contribution in [0.4, 0.5) is 0 Å². The van der Waals surface area contributed by atoms with Crippen LogP contribution in [0.25, 0.3) is 0 Å². The first-order valence-corrected chi connectivity index (χ1v) is 10.8. The molecule has 0 aromatic heterocycles. The second-order valence-electron chi connectivity index (χ2n) is 7.26. The summed E-state index contributed by atoms with van der Waals surface area (Å²) in [5, 5.41) is 3.34. The molecule has 2 N–H and O–H groups in total. The van der Waals surface area contributed by atoms with E-state index in [1.165, 1.54) is 32.7 Å². The third-order valence-electron chi connectivity index (χ3n) is 5.17. The van der Waals surface area contributed by atoms with E-state index < -0.39 is 10.0 Å². The van der Waals surface area contributed by atoms with Gasteiger partial charge < -0.3 is 10.2 Å². The zero-order chi connectivity index (χ0) is 19.2. The fourth-order valence-electron chi connectivity index (χ4n) is 3.49. The highest BCUT2D eigenvalue weighted by Crippen LogP contribution is 2.28. The smallest absolute Gasteiger partial charge is 0.240 e. The van der Waals surface area contributed by atoms with Gasteiger partial charge in [0.05, 0.1) is 4.90 Å². The molecule has 2 rings (SSSR count). The topological polar surface area (TPSA) is 73.8 Å². The van der Waals surface area contributed by atoms with Crippen LogP contribution in [0.1, 0.15) is 38.2 Å². The van der Waals surface area contributed by atoms with Crippen LogP contribution in [-0.4, -0.2) is 47.0 Å². The molecule has 1 saturated carbocycles. The Bertz CT molecular complexity index is 710. The Balaban J connectivity index is 1.93. The first-order chi connectivity index (χ1) is 12.4. The number of rotatable bonds is 6. The molecule has 0 spiro atoms. The predicted molar refractivity (Wildman–Crippen MR) is 107 cm³/mol. The van der Waals surface area contributed by atoms with Crippen molar-refractivity contribution in [1.82, 2.24) is 14.9 Å². The summed E-state index contributed by atoms with van der Waals surface area (Å²) >= 11 is 0. The van der Waals surface area contributed by atoms with E-state index in [-0.39, 0.29) is 4.90 Å². The van der Waals surface area contributed by atoms with Gasteiger partial charge in [-0.3, -0.25) is 4.99 Å². The minimum atomic E-state index is -3.42. The standard InChI is InChI=1S/C19H32N4O2S/c1-15-8-10-16(11-9-15)14-23(4)19(20-2)22-13-17-6-5-7-18(12-17)26(24,25)21-3/h5-7,12,15-16,21H,8-11,13-14H2,1-4H3,(H,20,22). The number of sulfonamides is 1. The largest absolute Gasteiger partial charge is 0.352 e. The molecule has 6 nitrogen and oxygen atoms in total. The summed E-state index contributed by atoms with van der Waals surface area (Å²) < 4.78 is 26.2. The highest BCUT2D eigenvalue weighted by atomic mass is 32.2. The number of aliphatic imine (C=N–C) groups is 1. The maximum absolute atomic E-state index is 11.9. The van der Waals surface area contributed by atoms with E-state index >= 15 is 0 Å². The van der Waals surface area contributed by atoms with Crippen molar-refractivity contribution >= 4 is 16.0 Å². The molecule has 0 heterocycles. The van der Waals surface area contributed by atoms with Gasteiger partial charge in [0, 0.05) is 27.2 Å². The lowest BCUT2D eigenvalue weighted by atomic mass is 9.83. The SMILES string of the molecule is CN=C(NCc1cccc(S(=O)(=O)NC)c1)N(C)CC1CCC(C)CC1. The Morgan fingerprint density at radius 2 is 1.96 bits per heavy atom. The van der Waals surface area contributed by atoms with Gasteiger partial charge in [0.25, 0.3) is 0 Å². The number of nitrogens with one attached hydrogen (secondary N) is 2. The van der Waals surface area contributed by atoms with E-state index in [4.69, 9.17) is 0 Å². The van der Waals surface area contributed by atoms with Gasteiger partial charge >= 0.3 is 0 Å². The van der Waals surface area contributed by atoms with Crippen LogP contribution >= 0.6 is 0 Å². The Labute approximate surface area is 158 Å². The van der Waals surface area contributed by atoms with Crippen LogP contribution in [0.15, 0.2) is 34.2 Å². The Morgan fingerprint density at radius 1 is 1.27 bits per heavy atom. The van der Waals surface area contributed by atoms with Crippen molar-refractivity contribution in [2.24, 2.45) is 16.8 Å². The molecule has 0 unspecified atom stereocenters. The van der Waals surface area contributed by atoms with E-state index in [9.17, 15) is 8.42 Å². The molecular formula is C19H32N4O2S. The van der Waals surface area contributed by atoms with Crippen LogP contribution in [0.2, 0.25) is 0 Å². The van der Waals surface area contributed by atoms with Crippen LogP contribution in [0, 0.1) is 11.8 Å². The number of guanidine groups is 1. The van der Waals surface area contributed by atoms with Crippen molar-refractivity contribution in [3.63, 3.8) is 0 Å². The monoisotopic (exact) mass is 380 g/mol. The fourth-order valence-corrected chi connectivity index (χ4v) is 4.29. The lowest BCUT2D eigenvalue weighted by molar-refractivity contribution is 0.250. The molecule has 1 aromatic carbocycles. The molecule has 1 aliphatic carbocycles. The molecule has 1 aromatic rings. The van der Waals surface area contributed by atoms with Crippen LogP contribution in [0.5, 0.6) is 0 Å². The van der Waals surface area contributed by atoms with Gasteiger partial charge in [-0.2, -0.15) is 0 Å². The highest BCUT2D eigenvalue weighted by molar-refractivity contribution is 7.89. The first kappa shape index (κ1) is 20.7. The third-order valence-corrected chi connectivity index (χ3v) is 6.58. The Hall–Kier alpha value is -1.60. The molecule has 0 atom stereocenters. The number of hydrogen-bond acceptors (Lipinski definition) is 3. The summed E-state index contributed by atoms with van der Waals surface area (Å²) in [6.07, 6.45) is 5.20. The van der Waals surface area contributed by atoms with Gasteiger partial charge in [0.2, 0.25) is 10.0 Å². The van der Waals surface area contributed by atoms with E-state index in [0.717, 1.165) is 29.9 Å². The summed E-state index contributed by atoms with van der Waals surface area (Å²) in [7, 11) is 1.84. The van der Waals surface area contributed by atoms with Gasteiger partial charge in [-0.25, -0.2) is 13.1 Å². The lowest BCUT2D eigenvalue weighted by Crippen LogP contribution is -2.41. The van der Waals surface area contributed by atoms with Crippen molar-refractivity contribution in [3.05, 3.63) is 29.8 Å². The zero-order valence-electron chi connectivity index (χ0n) is 16.3. The molecule has 0 amide bonds. The van der Waals surface area contributed by atoms with Crippen molar-refractivity contribution in [2.75, 3.05) is 27.7 Å². The number of hydrogen-bond donors (Lipinski definition) is 2. The maximum Gasteiger partial charge on any atom is 0.240 e. The van der Waals surface area contributed by atoms with Gasteiger partial charge in [0.1, 0.15) is 0 Å². The van der Waals surface area contributed by atoms with Crippen molar-refractivity contribution in [1.29, 1.82) is 0 Å². The van der Waals surface area contributed by atoms with E-state index in [1.54, 1.807) is 25.2 Å². The van der Waals surface area contributed by atoms with Crippen molar-refractivity contribution in [3.8, 4) is 0 Å². The average molecular weight is 381 g/mol. The molecule has 146 valence electrons. The minimum Gasteiger partial charge on any atom is -0.352 e. The molecule has 1 fully saturated rings. The predicted octanol–water partition coefficient (Wildman–Crippen LogP) is 2.43. The maximum atomic E-state index is 11.9. The van der Waals surface area contributed by atoms with Gasteiger partial charge in [-0.15, -0.1) is 0 Å². The van der Waals surface area contributed by atoms with Gasteiger partial charge in [-0.05, 0) is 49.4 Å². The van der Waals surface area contributed by atoms with E-state index in [1.807, 2.05) is 6.07 Å². The summed E-state index contributed by atoms with van der Waals surface area (Å²) in [6.45, 7) is 3.87. The molecule has 26 heavy (non-hydrogen) atoms. The summed E-state index contributed by atoms with van der Waals surface area (Å²) in [6, 6.07) is 6.96. The second kappa shape index (κ2) is 9.37. The second-order valence-corrected chi connectivity index (χ2v) is 9.15. The summed E-state index contributed by atoms with van der Waals surface area (Å²) in [5.41, 5.74) is 0.905. The molecule has 1 aliphatic rings. The van der Waals surface area contributed by atoms with E-state index in [0.29, 0.717) is 6.54 Å². The quantitative estimate of drug-likeness (QED) is 0.587. The zero-order valence-corrected chi connectivity index (χ0v) is 17.1. The van der Waals surface area contributed by atoms with Crippen molar-refractivity contribution in [2.45, 2.75) is 44.0 Å². The van der Waals surface area contributed by atoms with Gasteiger partial charge in [0.15, 0.2) is 5.96 Å². The molecule has 0 aliphatic heterocycles. The summed E-state index contributed by atoms with van der Waals surface area (Å²) in [4.78, 5) is 6.82. The number of nitrogens with zero attached hydrogens (tertiary/aromatic N) is 2. The molecule has 7 heteroatoms. The first-order valence-electron chi connectivity index (χ1n) is 9.30. The van der Waals surface area contributed by atoms with E-state index in [2.05, 4.69) is 33.9 Å². The fraction of sp³-hybridized carbons (Fsp3) is 0.632. The van der Waals surface area contributed by atoms with Crippen LogP contribution < -0.4 is 10.0 Å². The number of benzene rings is 1. The molecule has 0 bridgehead atoms. The lowest BCUT2D eigenvalue weighted by Gasteiger charge is -2.31. The Kier molecular flexibility index (Phi) is 7.46. The van der Waals surface area contributed by atoms with Crippen LogP contribution in [-0.2, 0) is 16.6 Å². The highest BCUT2D eigenvalue weighted by Gasteiger charge is 2.20. The minimum absolute atomic E-state index is 0.277. The van der Waals surface area contributed by atoms with Crippen molar-refractivity contribution < 1.29 is 8.42 Å². The normalized spacial score (nSPS) is 21.5. The molecule has 0 saturated heterocycles. The average Bonchev–Trinajstić information content (AvgIpc) is 2.64. The third kappa shape index (κ3) is 5.71. The van der Waals surface area contributed by atoms with Crippen LogP contribution in [0.3, 0.4) is 0 Å². The molecule has 0 radical (unpaired) electrons. The van der Waals surface area contributed by atoms with Gasteiger partial charge in [-0.1, -0.05) is 31.9 Å².